The van der Waals surface area contributed by atoms with Gasteiger partial charge in [-0.2, -0.15) is 0 Å². The first-order valence-electron chi connectivity index (χ1n) is 6.40. The maximum atomic E-state index is 8.94. The van der Waals surface area contributed by atoms with Crippen molar-refractivity contribution in [3.63, 3.8) is 0 Å². The molecule has 4 N–H and O–H groups in total. The zero-order valence-corrected chi connectivity index (χ0v) is 10.5. The summed E-state index contributed by atoms with van der Waals surface area (Å²) in [5, 5.41) is 16.6. The van der Waals surface area contributed by atoms with Crippen LogP contribution in [-0.4, -0.2) is 35.1 Å². The van der Waals surface area contributed by atoms with Crippen molar-refractivity contribution in [3.05, 3.63) is 24.0 Å². The summed E-state index contributed by atoms with van der Waals surface area (Å²) in [6.45, 7) is 1.21. The lowest BCUT2D eigenvalue weighted by molar-refractivity contribution is 0.279. The number of aliphatic hydroxyl groups excluding tert-OH is 1. The second kappa shape index (κ2) is 5.82. The number of anilines is 1. The lowest BCUT2D eigenvalue weighted by atomic mass is 10.1. The smallest absolute Gasteiger partial charge is 0.125 e. The fourth-order valence-corrected chi connectivity index (χ4v) is 2.62. The van der Waals surface area contributed by atoms with Gasteiger partial charge in [0.15, 0.2) is 0 Å². The van der Waals surface area contributed by atoms with Crippen molar-refractivity contribution in [3.8, 4) is 0 Å². The lowest BCUT2D eigenvalue weighted by Gasteiger charge is -2.28. The number of hydrogen-bond donors (Lipinski definition) is 3. The Morgan fingerprint density at radius 2 is 2.44 bits per heavy atom. The Kier molecular flexibility index (Phi) is 4.15. The van der Waals surface area contributed by atoms with Crippen LogP contribution in [-0.2, 0) is 0 Å². The highest BCUT2D eigenvalue weighted by Gasteiger charge is 2.26. The largest absolute Gasteiger partial charge is 0.396 e. The van der Waals surface area contributed by atoms with E-state index < -0.39 is 0 Å². The molecule has 0 saturated carbocycles. The average Bonchev–Trinajstić information content (AvgIpc) is 2.84. The molecule has 1 atom stereocenters. The third-order valence-corrected chi connectivity index (χ3v) is 3.47. The highest BCUT2D eigenvalue weighted by atomic mass is 16.2. The zero-order valence-electron chi connectivity index (χ0n) is 10.5. The quantitative estimate of drug-likeness (QED) is 0.538. The lowest BCUT2D eigenvalue weighted by Crippen LogP contribution is -2.31. The van der Waals surface area contributed by atoms with Crippen LogP contribution in [0.15, 0.2) is 18.5 Å². The van der Waals surface area contributed by atoms with Crippen LogP contribution in [0.5, 0.6) is 0 Å². The third kappa shape index (κ3) is 2.61. The third-order valence-electron chi connectivity index (χ3n) is 3.47. The van der Waals surface area contributed by atoms with Gasteiger partial charge >= 0.3 is 0 Å². The van der Waals surface area contributed by atoms with Crippen LogP contribution in [0.4, 0.5) is 5.69 Å². The Bertz CT molecular complexity index is 421. The molecule has 5 heteroatoms. The first kappa shape index (κ1) is 12.8. The van der Waals surface area contributed by atoms with E-state index in [9.17, 15) is 0 Å². The van der Waals surface area contributed by atoms with E-state index in [1.165, 1.54) is 0 Å². The van der Waals surface area contributed by atoms with Crippen molar-refractivity contribution in [1.29, 1.82) is 5.41 Å². The molecule has 0 spiro atoms. The predicted octanol–water partition coefficient (Wildman–Crippen LogP) is 1.11. The molecule has 0 radical (unpaired) electrons. The Hall–Kier alpha value is -1.62. The summed E-state index contributed by atoms with van der Waals surface area (Å²) in [4.78, 5) is 6.42. The molecule has 98 valence electrons. The number of aromatic nitrogens is 1. The van der Waals surface area contributed by atoms with Gasteiger partial charge in [-0.25, -0.2) is 0 Å². The number of rotatable bonds is 5. The predicted molar refractivity (Wildman–Crippen MR) is 71.9 cm³/mol. The SMILES string of the molecule is N=C(N)c1ccncc1N1CCCC1CCCO. The highest BCUT2D eigenvalue weighted by Crippen LogP contribution is 2.29. The zero-order chi connectivity index (χ0) is 13.0. The van der Waals surface area contributed by atoms with E-state index in [4.69, 9.17) is 16.2 Å². The van der Waals surface area contributed by atoms with Crippen LogP contribution in [0.1, 0.15) is 31.2 Å². The van der Waals surface area contributed by atoms with Crippen molar-refractivity contribution < 1.29 is 5.11 Å². The van der Waals surface area contributed by atoms with E-state index in [1.807, 2.05) is 0 Å². The molecule has 1 fully saturated rings. The van der Waals surface area contributed by atoms with Gasteiger partial charge in [0, 0.05) is 31.0 Å². The van der Waals surface area contributed by atoms with Gasteiger partial charge in [-0.3, -0.25) is 10.4 Å². The van der Waals surface area contributed by atoms with Crippen molar-refractivity contribution >= 4 is 11.5 Å². The number of nitrogens with zero attached hydrogens (tertiary/aromatic N) is 2. The molecule has 1 aromatic rings. The number of aliphatic hydroxyl groups is 1. The van der Waals surface area contributed by atoms with Gasteiger partial charge in [-0.05, 0) is 31.7 Å². The molecule has 0 amide bonds. The molecule has 1 saturated heterocycles. The summed E-state index contributed by atoms with van der Waals surface area (Å²) in [5.74, 6) is 0.0835. The summed E-state index contributed by atoms with van der Waals surface area (Å²) >= 11 is 0. The molecule has 2 rings (SSSR count). The molecule has 1 unspecified atom stereocenters. The minimum atomic E-state index is 0.0835. The maximum Gasteiger partial charge on any atom is 0.125 e. The highest BCUT2D eigenvalue weighted by molar-refractivity contribution is 6.00. The van der Waals surface area contributed by atoms with Gasteiger partial charge in [0.1, 0.15) is 5.84 Å². The molecule has 0 aromatic carbocycles. The summed E-state index contributed by atoms with van der Waals surface area (Å²) in [6.07, 6.45) is 7.52. The van der Waals surface area contributed by atoms with E-state index in [0.29, 0.717) is 6.04 Å². The fourth-order valence-electron chi connectivity index (χ4n) is 2.62. The van der Waals surface area contributed by atoms with Gasteiger partial charge in [-0.1, -0.05) is 0 Å². The van der Waals surface area contributed by atoms with Crippen molar-refractivity contribution in [2.75, 3.05) is 18.1 Å². The summed E-state index contributed by atoms with van der Waals surface area (Å²) in [6, 6.07) is 2.22. The molecule has 0 aliphatic carbocycles. The fraction of sp³-hybridized carbons (Fsp3) is 0.538. The normalized spacial score (nSPS) is 19.2. The molecule has 18 heavy (non-hydrogen) atoms. The standard InChI is InChI=1S/C13H20N4O/c14-13(15)11-5-6-16-9-12(11)17-7-1-3-10(17)4-2-8-18/h5-6,9-10,18H,1-4,7-8H2,(H3,14,15). The van der Waals surface area contributed by atoms with E-state index >= 15 is 0 Å². The molecule has 1 aromatic heterocycles. The van der Waals surface area contributed by atoms with E-state index in [0.717, 1.165) is 43.5 Å². The Balaban J connectivity index is 2.21. The number of hydrogen-bond acceptors (Lipinski definition) is 4. The van der Waals surface area contributed by atoms with Crippen LogP contribution >= 0.6 is 0 Å². The van der Waals surface area contributed by atoms with Crippen LogP contribution in [0.2, 0.25) is 0 Å². The first-order valence-corrected chi connectivity index (χ1v) is 6.40. The average molecular weight is 248 g/mol. The monoisotopic (exact) mass is 248 g/mol. The van der Waals surface area contributed by atoms with Crippen LogP contribution in [0.25, 0.3) is 0 Å². The minimum Gasteiger partial charge on any atom is -0.396 e. The van der Waals surface area contributed by atoms with Crippen molar-refractivity contribution in [1.82, 2.24) is 4.98 Å². The van der Waals surface area contributed by atoms with Crippen molar-refractivity contribution in [2.45, 2.75) is 31.7 Å². The topological polar surface area (TPSA) is 86.2 Å². The van der Waals surface area contributed by atoms with E-state index in [1.54, 1.807) is 18.5 Å². The molecule has 5 nitrogen and oxygen atoms in total. The van der Waals surface area contributed by atoms with Gasteiger partial charge in [0.25, 0.3) is 0 Å². The van der Waals surface area contributed by atoms with Gasteiger partial charge in [-0.15, -0.1) is 0 Å². The molecule has 0 bridgehead atoms. The Morgan fingerprint density at radius 1 is 1.61 bits per heavy atom. The number of pyridine rings is 1. The van der Waals surface area contributed by atoms with Crippen LogP contribution < -0.4 is 10.6 Å². The van der Waals surface area contributed by atoms with E-state index in [2.05, 4.69) is 9.88 Å². The summed E-state index contributed by atoms with van der Waals surface area (Å²) in [7, 11) is 0. The maximum absolute atomic E-state index is 8.94. The summed E-state index contributed by atoms with van der Waals surface area (Å²) < 4.78 is 0. The van der Waals surface area contributed by atoms with E-state index in [-0.39, 0.29) is 12.4 Å². The molecule has 2 heterocycles. The molecular weight excluding hydrogens is 228 g/mol. The number of amidine groups is 1. The number of nitrogen functional groups attached to an aromatic ring is 1. The first-order chi connectivity index (χ1) is 8.74. The van der Waals surface area contributed by atoms with Crippen molar-refractivity contribution in [2.24, 2.45) is 5.73 Å². The Morgan fingerprint density at radius 3 is 3.17 bits per heavy atom. The second-order valence-corrected chi connectivity index (χ2v) is 4.66. The van der Waals surface area contributed by atoms with Gasteiger partial charge in [0.05, 0.1) is 11.9 Å². The summed E-state index contributed by atoms with van der Waals surface area (Å²) in [5.41, 5.74) is 7.32. The number of nitrogens with two attached hydrogens (primary N) is 1. The second-order valence-electron chi connectivity index (χ2n) is 4.66. The molecule has 1 aliphatic heterocycles. The van der Waals surface area contributed by atoms with Crippen LogP contribution in [0.3, 0.4) is 0 Å². The molecule has 1 aliphatic rings. The Labute approximate surface area is 107 Å². The minimum absolute atomic E-state index is 0.0835. The number of nitrogens with one attached hydrogen (secondary N) is 1. The van der Waals surface area contributed by atoms with Crippen LogP contribution in [0, 0.1) is 5.41 Å². The van der Waals surface area contributed by atoms with Gasteiger partial charge in [0.2, 0.25) is 0 Å². The van der Waals surface area contributed by atoms with Gasteiger partial charge < -0.3 is 15.7 Å². The molecular formula is C13H20N4O.